The third-order valence-corrected chi connectivity index (χ3v) is 1.88. The van der Waals surface area contributed by atoms with E-state index in [4.69, 9.17) is 5.11 Å². The zero-order valence-corrected chi connectivity index (χ0v) is 7.80. The van der Waals surface area contributed by atoms with Crippen molar-refractivity contribution in [2.75, 3.05) is 0 Å². The van der Waals surface area contributed by atoms with Gasteiger partial charge in [-0.2, -0.15) is 0 Å². The van der Waals surface area contributed by atoms with Crippen LogP contribution >= 0.6 is 0 Å². The number of nitrogens with zero attached hydrogens (tertiary/aromatic N) is 1. The summed E-state index contributed by atoms with van der Waals surface area (Å²) in [5.74, 6) is -1.91. The maximum Gasteiger partial charge on any atom is 0.311 e. The number of rotatable bonds is 4. The van der Waals surface area contributed by atoms with Gasteiger partial charge in [0.25, 0.3) is 0 Å². The van der Waals surface area contributed by atoms with Crippen LogP contribution in [0.3, 0.4) is 0 Å². The molecule has 0 spiro atoms. The highest BCUT2D eigenvalue weighted by Crippen LogP contribution is 2.18. The van der Waals surface area contributed by atoms with Gasteiger partial charge in [0, 0.05) is 18.8 Å². The number of carboxylic acid groups (broad SMARTS) is 1. The summed E-state index contributed by atoms with van der Waals surface area (Å²) in [6, 6.07) is 3.32. The van der Waals surface area contributed by atoms with Gasteiger partial charge >= 0.3 is 5.97 Å². The number of pyridine rings is 1. The van der Waals surface area contributed by atoms with Crippen molar-refractivity contribution in [2.45, 2.75) is 19.3 Å². The van der Waals surface area contributed by atoms with E-state index < -0.39 is 11.9 Å². The van der Waals surface area contributed by atoms with Crippen LogP contribution < -0.4 is 0 Å². The SMILES string of the molecule is CC(=O)CC(C(=O)O)c1cccnc1. The Kier molecular flexibility index (Phi) is 3.34. The molecule has 0 saturated carbocycles. The van der Waals surface area contributed by atoms with Gasteiger partial charge in [0.2, 0.25) is 0 Å². The van der Waals surface area contributed by atoms with Crippen LogP contribution in [0.4, 0.5) is 0 Å². The van der Waals surface area contributed by atoms with Gasteiger partial charge in [-0.05, 0) is 18.6 Å². The summed E-state index contributed by atoms with van der Waals surface area (Å²) in [5.41, 5.74) is 0.565. The molecule has 0 aromatic carbocycles. The third kappa shape index (κ3) is 2.65. The lowest BCUT2D eigenvalue weighted by Crippen LogP contribution is -2.14. The number of Topliss-reactive ketones (excluding diaryl/α,β-unsaturated/α-hetero) is 1. The lowest BCUT2D eigenvalue weighted by atomic mass is 9.96. The molecular weight excluding hydrogens is 182 g/mol. The van der Waals surface area contributed by atoms with E-state index in [0.717, 1.165) is 0 Å². The average molecular weight is 193 g/mol. The van der Waals surface area contributed by atoms with Gasteiger partial charge in [-0.15, -0.1) is 0 Å². The minimum absolute atomic E-state index is 0.0149. The fraction of sp³-hybridized carbons (Fsp3) is 0.300. The molecule has 0 aliphatic heterocycles. The molecule has 0 saturated heterocycles. The summed E-state index contributed by atoms with van der Waals surface area (Å²) in [7, 11) is 0. The monoisotopic (exact) mass is 193 g/mol. The number of ketones is 1. The van der Waals surface area contributed by atoms with Crippen molar-refractivity contribution in [3.05, 3.63) is 30.1 Å². The minimum atomic E-state index is -0.992. The Morgan fingerprint density at radius 3 is 2.71 bits per heavy atom. The van der Waals surface area contributed by atoms with Crippen molar-refractivity contribution in [1.29, 1.82) is 0 Å². The molecule has 0 aliphatic carbocycles. The van der Waals surface area contributed by atoms with E-state index in [1.54, 1.807) is 18.3 Å². The first-order valence-corrected chi connectivity index (χ1v) is 4.23. The maximum atomic E-state index is 10.9. The summed E-state index contributed by atoms with van der Waals surface area (Å²) in [6.07, 6.45) is 3.05. The maximum absolute atomic E-state index is 10.9. The average Bonchev–Trinajstić information content (AvgIpc) is 2.15. The highest BCUT2D eigenvalue weighted by Gasteiger charge is 2.21. The molecule has 0 aliphatic rings. The first-order valence-electron chi connectivity index (χ1n) is 4.23. The molecule has 1 rings (SSSR count). The molecule has 14 heavy (non-hydrogen) atoms. The second-order valence-corrected chi connectivity index (χ2v) is 3.08. The van der Waals surface area contributed by atoms with E-state index in [1.807, 2.05) is 0 Å². The van der Waals surface area contributed by atoms with Crippen LogP contribution in [0.15, 0.2) is 24.5 Å². The number of hydrogen-bond donors (Lipinski definition) is 1. The molecule has 1 unspecified atom stereocenters. The molecule has 1 atom stereocenters. The normalized spacial score (nSPS) is 12.1. The minimum Gasteiger partial charge on any atom is -0.481 e. The van der Waals surface area contributed by atoms with Gasteiger partial charge in [0.05, 0.1) is 5.92 Å². The smallest absolute Gasteiger partial charge is 0.311 e. The number of carbonyl (C=O) groups is 2. The number of carboxylic acids is 1. The molecule has 0 fully saturated rings. The Balaban J connectivity index is 2.89. The van der Waals surface area contributed by atoms with Crippen molar-refractivity contribution >= 4 is 11.8 Å². The van der Waals surface area contributed by atoms with E-state index in [9.17, 15) is 9.59 Å². The summed E-state index contributed by atoms with van der Waals surface area (Å²) in [6.45, 7) is 1.38. The molecule has 4 nitrogen and oxygen atoms in total. The lowest BCUT2D eigenvalue weighted by molar-refractivity contribution is -0.140. The van der Waals surface area contributed by atoms with Crippen LogP contribution in [-0.4, -0.2) is 21.8 Å². The number of aliphatic carboxylic acids is 1. The lowest BCUT2D eigenvalue weighted by Gasteiger charge is -2.09. The van der Waals surface area contributed by atoms with Gasteiger partial charge in [-0.25, -0.2) is 0 Å². The summed E-state index contributed by atoms with van der Waals surface area (Å²) >= 11 is 0. The van der Waals surface area contributed by atoms with Gasteiger partial charge in [0.1, 0.15) is 5.78 Å². The number of hydrogen-bond acceptors (Lipinski definition) is 3. The van der Waals surface area contributed by atoms with Crippen LogP contribution in [0, 0.1) is 0 Å². The highest BCUT2D eigenvalue weighted by atomic mass is 16.4. The Morgan fingerprint density at radius 1 is 1.57 bits per heavy atom. The predicted molar refractivity (Wildman–Crippen MR) is 49.9 cm³/mol. The van der Waals surface area contributed by atoms with E-state index >= 15 is 0 Å². The molecule has 1 heterocycles. The molecule has 1 N–H and O–H groups in total. The van der Waals surface area contributed by atoms with Crippen LogP contribution in [-0.2, 0) is 9.59 Å². The molecule has 1 aromatic rings. The second-order valence-electron chi connectivity index (χ2n) is 3.08. The largest absolute Gasteiger partial charge is 0.481 e. The summed E-state index contributed by atoms with van der Waals surface area (Å²) in [5, 5.41) is 8.90. The van der Waals surface area contributed by atoms with Crippen molar-refractivity contribution in [1.82, 2.24) is 4.98 Å². The van der Waals surface area contributed by atoms with Crippen LogP contribution in [0.1, 0.15) is 24.8 Å². The quantitative estimate of drug-likeness (QED) is 0.780. The van der Waals surface area contributed by atoms with Crippen molar-refractivity contribution < 1.29 is 14.7 Å². The van der Waals surface area contributed by atoms with Gasteiger partial charge in [-0.3, -0.25) is 14.6 Å². The van der Waals surface area contributed by atoms with E-state index in [0.29, 0.717) is 5.56 Å². The zero-order valence-electron chi connectivity index (χ0n) is 7.80. The van der Waals surface area contributed by atoms with Crippen LogP contribution in [0.25, 0.3) is 0 Å². The Labute approximate surface area is 81.6 Å². The third-order valence-electron chi connectivity index (χ3n) is 1.88. The Morgan fingerprint density at radius 2 is 2.29 bits per heavy atom. The molecule has 0 radical (unpaired) electrons. The zero-order chi connectivity index (χ0) is 10.6. The van der Waals surface area contributed by atoms with E-state index in [2.05, 4.69) is 4.98 Å². The topological polar surface area (TPSA) is 67.3 Å². The summed E-state index contributed by atoms with van der Waals surface area (Å²) < 4.78 is 0. The van der Waals surface area contributed by atoms with Crippen molar-refractivity contribution in [3.63, 3.8) is 0 Å². The predicted octanol–water partition coefficient (Wildman–Crippen LogP) is 1.23. The Bertz CT molecular complexity index is 334. The molecule has 0 amide bonds. The summed E-state index contributed by atoms with van der Waals surface area (Å²) in [4.78, 5) is 25.5. The fourth-order valence-corrected chi connectivity index (χ4v) is 1.22. The molecular formula is C10H11NO3. The molecule has 74 valence electrons. The van der Waals surface area contributed by atoms with Gasteiger partial charge in [0.15, 0.2) is 0 Å². The molecule has 4 heteroatoms. The van der Waals surface area contributed by atoms with Crippen LogP contribution in [0.5, 0.6) is 0 Å². The molecule has 0 bridgehead atoms. The standard InChI is InChI=1S/C10H11NO3/c1-7(12)5-9(10(13)14)8-3-2-4-11-6-8/h2-4,6,9H,5H2,1H3,(H,13,14). The van der Waals surface area contributed by atoms with Crippen LogP contribution in [0.2, 0.25) is 0 Å². The van der Waals surface area contributed by atoms with Gasteiger partial charge in [-0.1, -0.05) is 6.07 Å². The van der Waals surface area contributed by atoms with E-state index in [-0.39, 0.29) is 12.2 Å². The fourth-order valence-electron chi connectivity index (χ4n) is 1.22. The second kappa shape index (κ2) is 4.50. The first-order chi connectivity index (χ1) is 6.61. The van der Waals surface area contributed by atoms with Gasteiger partial charge < -0.3 is 5.11 Å². The molecule has 1 aromatic heterocycles. The Hall–Kier alpha value is -1.71. The first kappa shape index (κ1) is 10.4. The number of aromatic nitrogens is 1. The van der Waals surface area contributed by atoms with E-state index in [1.165, 1.54) is 13.1 Å². The van der Waals surface area contributed by atoms with Crippen molar-refractivity contribution in [2.24, 2.45) is 0 Å². The number of carbonyl (C=O) groups excluding carboxylic acids is 1. The van der Waals surface area contributed by atoms with Crippen molar-refractivity contribution in [3.8, 4) is 0 Å². The highest BCUT2D eigenvalue weighted by molar-refractivity contribution is 5.85.